The van der Waals surface area contributed by atoms with Gasteiger partial charge in [-0.3, -0.25) is 4.79 Å². The zero-order valence-electron chi connectivity index (χ0n) is 12.3. The molecule has 0 aromatic heterocycles. The van der Waals surface area contributed by atoms with Crippen LogP contribution in [0.15, 0.2) is 0 Å². The van der Waals surface area contributed by atoms with E-state index in [1.165, 1.54) is 0 Å². The highest BCUT2D eigenvalue weighted by Crippen LogP contribution is 2.60. The first-order chi connectivity index (χ1) is 10.0. The molecule has 4 aliphatic carbocycles. The lowest BCUT2D eigenvalue weighted by Gasteiger charge is -2.55. The Kier molecular flexibility index (Phi) is 3.56. The number of rotatable bonds is 4. The van der Waals surface area contributed by atoms with Crippen molar-refractivity contribution < 1.29 is 31.3 Å². The van der Waals surface area contributed by atoms with Crippen molar-refractivity contribution in [3.8, 4) is 0 Å². The third-order valence-electron chi connectivity index (χ3n) is 5.56. The lowest BCUT2D eigenvalue weighted by molar-refractivity contribution is -0.185. The molecule has 1 atom stereocenters. The Morgan fingerprint density at radius 1 is 1.18 bits per heavy atom. The molecule has 4 saturated carbocycles. The monoisotopic (exact) mass is 337 g/mol. The van der Waals surface area contributed by atoms with E-state index in [9.17, 15) is 26.5 Å². The van der Waals surface area contributed by atoms with Gasteiger partial charge in [0.15, 0.2) is 16.2 Å². The van der Waals surface area contributed by atoms with Crippen molar-refractivity contribution in [2.75, 3.05) is 0 Å². The number of hydrogen-bond donors (Lipinski definition) is 0. The minimum Gasteiger partial charge on any atom is -0.743 e. The van der Waals surface area contributed by atoms with E-state index >= 15 is 0 Å². The summed E-state index contributed by atoms with van der Waals surface area (Å²) in [6.07, 6.45) is 2.84. The average Bonchev–Trinajstić information content (AvgIpc) is 2.35. The van der Waals surface area contributed by atoms with E-state index in [0.29, 0.717) is 37.0 Å². The molecule has 0 aromatic carbocycles. The molecule has 0 radical (unpaired) electrons. The molecule has 1 unspecified atom stereocenters. The Morgan fingerprint density at radius 2 is 1.59 bits per heavy atom. The minimum atomic E-state index is -5.86. The standard InChI is InChI=1S/C14H20F2O5S/c1-8(14(15,16)22(18,19)20)21-12(17)13-5-9-2-10(6-13)4-11(3-9)7-13/h8-11H,2-7H2,1H3,(H,18,19,20)/p-1. The first kappa shape index (κ1) is 16.1. The summed E-state index contributed by atoms with van der Waals surface area (Å²) in [6.45, 7) is 0.758. The van der Waals surface area contributed by atoms with Crippen LogP contribution in [-0.2, 0) is 19.6 Å². The fourth-order valence-electron chi connectivity index (χ4n) is 4.92. The minimum absolute atomic E-state index is 0.429. The maximum Gasteiger partial charge on any atom is 0.369 e. The van der Waals surface area contributed by atoms with E-state index in [1.54, 1.807) is 0 Å². The summed E-state index contributed by atoms with van der Waals surface area (Å²) >= 11 is 0. The molecular formula is C14H19F2O5S-. The maximum atomic E-state index is 13.5. The summed E-state index contributed by atoms with van der Waals surface area (Å²) in [5.41, 5.74) is -0.758. The van der Waals surface area contributed by atoms with Gasteiger partial charge in [0.1, 0.15) is 0 Å². The van der Waals surface area contributed by atoms with Crippen molar-refractivity contribution in [2.24, 2.45) is 23.2 Å². The van der Waals surface area contributed by atoms with Gasteiger partial charge in [-0.1, -0.05) is 0 Å². The molecular weight excluding hydrogens is 318 g/mol. The van der Waals surface area contributed by atoms with Crippen LogP contribution in [-0.4, -0.2) is 30.3 Å². The molecule has 0 aromatic rings. The van der Waals surface area contributed by atoms with Crippen LogP contribution in [0.25, 0.3) is 0 Å². The third kappa shape index (κ3) is 2.44. The summed E-state index contributed by atoms with van der Waals surface area (Å²) in [6, 6.07) is 0. The predicted molar refractivity (Wildman–Crippen MR) is 70.8 cm³/mol. The number of hydrogen-bond acceptors (Lipinski definition) is 5. The Labute approximate surface area is 128 Å². The molecule has 4 rings (SSSR count). The second-order valence-corrected chi connectivity index (χ2v) is 8.71. The van der Waals surface area contributed by atoms with Gasteiger partial charge in [-0.2, -0.15) is 8.78 Å². The quantitative estimate of drug-likeness (QED) is 0.580. The van der Waals surface area contributed by atoms with E-state index in [2.05, 4.69) is 0 Å². The molecule has 0 heterocycles. The topological polar surface area (TPSA) is 83.5 Å². The molecule has 4 aliphatic rings. The molecule has 126 valence electrons. The van der Waals surface area contributed by atoms with Crippen LogP contribution < -0.4 is 0 Å². The van der Waals surface area contributed by atoms with Gasteiger partial charge in [-0.25, -0.2) is 8.42 Å². The molecule has 0 saturated heterocycles. The van der Waals surface area contributed by atoms with Gasteiger partial charge in [-0.15, -0.1) is 0 Å². The van der Waals surface area contributed by atoms with Gasteiger partial charge in [-0.05, 0) is 63.2 Å². The Hall–Kier alpha value is -0.760. The van der Waals surface area contributed by atoms with Crippen LogP contribution in [0.2, 0.25) is 0 Å². The largest absolute Gasteiger partial charge is 0.743 e. The summed E-state index contributed by atoms with van der Waals surface area (Å²) in [5.74, 6) is 0.524. The second-order valence-electron chi connectivity index (χ2n) is 7.26. The van der Waals surface area contributed by atoms with Crippen LogP contribution in [0.3, 0.4) is 0 Å². The van der Waals surface area contributed by atoms with E-state index in [0.717, 1.165) is 26.2 Å². The second kappa shape index (κ2) is 4.87. The van der Waals surface area contributed by atoms with Crippen molar-refractivity contribution in [1.29, 1.82) is 0 Å². The molecule has 0 aliphatic heterocycles. The van der Waals surface area contributed by atoms with Crippen LogP contribution in [0, 0.1) is 23.2 Å². The van der Waals surface area contributed by atoms with Gasteiger partial charge in [0.2, 0.25) is 0 Å². The molecule has 0 amide bonds. The van der Waals surface area contributed by atoms with Gasteiger partial charge in [0, 0.05) is 0 Å². The number of halogens is 2. The van der Waals surface area contributed by atoms with E-state index < -0.39 is 32.9 Å². The smallest absolute Gasteiger partial charge is 0.369 e. The lowest BCUT2D eigenvalue weighted by Crippen LogP contribution is -2.52. The summed E-state index contributed by atoms with van der Waals surface area (Å²) in [7, 11) is -5.86. The Morgan fingerprint density at radius 3 is 1.95 bits per heavy atom. The van der Waals surface area contributed by atoms with Gasteiger partial charge in [0.05, 0.1) is 5.41 Å². The summed E-state index contributed by atoms with van der Waals surface area (Å²) in [4.78, 5) is 12.4. The predicted octanol–water partition coefficient (Wildman–Crippen LogP) is 2.27. The molecule has 22 heavy (non-hydrogen) atoms. The fourth-order valence-corrected chi connectivity index (χ4v) is 5.37. The number of alkyl halides is 2. The fraction of sp³-hybridized carbons (Fsp3) is 0.929. The maximum absolute atomic E-state index is 13.5. The third-order valence-corrected chi connectivity index (χ3v) is 6.56. The summed E-state index contributed by atoms with van der Waals surface area (Å²) in [5, 5.41) is -4.61. The van der Waals surface area contributed by atoms with Crippen molar-refractivity contribution in [2.45, 2.75) is 56.8 Å². The first-order valence-corrected chi connectivity index (χ1v) is 8.99. The van der Waals surface area contributed by atoms with Crippen molar-refractivity contribution >= 4 is 16.1 Å². The summed E-state index contributed by atoms with van der Waals surface area (Å²) < 4.78 is 63.6. The van der Waals surface area contributed by atoms with Crippen LogP contribution in [0.5, 0.6) is 0 Å². The molecule has 0 spiro atoms. The van der Waals surface area contributed by atoms with E-state index in [1.807, 2.05) is 0 Å². The molecule has 4 bridgehead atoms. The Bertz CT molecular complexity index is 551. The SMILES string of the molecule is CC(OC(=O)C12CC3CC(CC(C3)C1)C2)C(F)(F)S(=O)(=O)[O-]. The van der Waals surface area contributed by atoms with Gasteiger partial charge < -0.3 is 9.29 Å². The van der Waals surface area contributed by atoms with Gasteiger partial charge in [0.25, 0.3) is 0 Å². The van der Waals surface area contributed by atoms with Gasteiger partial charge >= 0.3 is 11.2 Å². The normalized spacial score (nSPS) is 38.8. The van der Waals surface area contributed by atoms with Crippen LogP contribution in [0.1, 0.15) is 45.4 Å². The first-order valence-electron chi connectivity index (χ1n) is 7.58. The molecule has 0 N–H and O–H groups in total. The van der Waals surface area contributed by atoms with Crippen molar-refractivity contribution in [3.05, 3.63) is 0 Å². The van der Waals surface area contributed by atoms with Crippen LogP contribution >= 0.6 is 0 Å². The van der Waals surface area contributed by atoms with E-state index in [-0.39, 0.29) is 0 Å². The number of carbonyl (C=O) groups excluding carboxylic acids is 1. The zero-order valence-corrected chi connectivity index (χ0v) is 13.1. The number of ether oxygens (including phenoxy) is 1. The highest BCUT2D eigenvalue weighted by Gasteiger charge is 2.57. The lowest BCUT2D eigenvalue weighted by atomic mass is 9.49. The average molecular weight is 337 g/mol. The van der Waals surface area contributed by atoms with Crippen molar-refractivity contribution in [3.63, 3.8) is 0 Å². The molecule has 5 nitrogen and oxygen atoms in total. The highest BCUT2D eigenvalue weighted by atomic mass is 32.2. The zero-order chi connectivity index (χ0) is 16.3. The number of carbonyl (C=O) groups is 1. The Balaban J connectivity index is 1.75. The number of esters is 1. The molecule has 4 fully saturated rings. The van der Waals surface area contributed by atoms with E-state index in [4.69, 9.17) is 4.74 Å². The van der Waals surface area contributed by atoms with Crippen LogP contribution in [0.4, 0.5) is 8.78 Å². The molecule has 8 heteroatoms. The van der Waals surface area contributed by atoms with Crippen molar-refractivity contribution in [1.82, 2.24) is 0 Å². The highest BCUT2D eigenvalue weighted by molar-refractivity contribution is 7.86.